The first-order valence-electron chi connectivity index (χ1n) is 11.6. The van der Waals surface area contributed by atoms with E-state index >= 15 is 0 Å². The summed E-state index contributed by atoms with van der Waals surface area (Å²) in [6.45, 7) is 6.51. The van der Waals surface area contributed by atoms with E-state index in [-0.39, 0.29) is 18.4 Å². The minimum Gasteiger partial charge on any atom is -0.396 e. The summed E-state index contributed by atoms with van der Waals surface area (Å²) in [5.74, 6) is 0.796. The molecule has 0 spiro atoms. The molecule has 2 aromatic heterocycles. The minimum atomic E-state index is 0.00476. The third-order valence-electron chi connectivity index (χ3n) is 6.99. The fourth-order valence-electron chi connectivity index (χ4n) is 5.12. The molecular weight excluding hydrogens is 378 g/mol. The number of hydrogen-bond acceptors (Lipinski definition) is 5. The summed E-state index contributed by atoms with van der Waals surface area (Å²) < 4.78 is 1.88. The molecule has 2 N–H and O–H groups in total. The highest BCUT2D eigenvalue weighted by molar-refractivity contribution is 6.06. The standard InChI is InChI=1S/C23H35N5O2/c1-3-28-22-19(13-25-28)21(26-16(2)18-9-5-4-6-10-18)20(12-24-22)23(30)27-11-7-8-17(14-27)15-29/h12-13,16-18,29H,3-11,14-15H2,1-2H3,(H,24,26)/t16-,17?/m1/s1. The monoisotopic (exact) mass is 413 g/mol. The van der Waals surface area contributed by atoms with Gasteiger partial charge in [-0.3, -0.25) is 4.79 Å². The summed E-state index contributed by atoms with van der Waals surface area (Å²) in [4.78, 5) is 20.0. The number of aliphatic hydroxyl groups excluding tert-OH is 1. The number of aromatic nitrogens is 3. The first-order valence-corrected chi connectivity index (χ1v) is 11.6. The molecule has 2 atom stereocenters. The number of likely N-dealkylation sites (tertiary alicyclic amines) is 1. The van der Waals surface area contributed by atoms with E-state index in [2.05, 4.69) is 22.3 Å². The second-order valence-corrected chi connectivity index (χ2v) is 9.02. The van der Waals surface area contributed by atoms with Crippen LogP contribution < -0.4 is 5.32 Å². The van der Waals surface area contributed by atoms with Gasteiger partial charge in [0.2, 0.25) is 0 Å². The largest absolute Gasteiger partial charge is 0.396 e. The van der Waals surface area contributed by atoms with E-state index in [0.29, 0.717) is 24.1 Å². The van der Waals surface area contributed by atoms with Crippen molar-refractivity contribution in [3.63, 3.8) is 0 Å². The van der Waals surface area contributed by atoms with Crippen molar-refractivity contribution >= 4 is 22.6 Å². The second-order valence-electron chi connectivity index (χ2n) is 9.02. The number of nitrogens with one attached hydrogen (secondary N) is 1. The highest BCUT2D eigenvalue weighted by atomic mass is 16.3. The Bertz CT molecular complexity index is 874. The lowest BCUT2D eigenvalue weighted by Gasteiger charge is -2.33. The zero-order valence-corrected chi connectivity index (χ0v) is 18.3. The van der Waals surface area contributed by atoms with Gasteiger partial charge in [0.15, 0.2) is 5.65 Å². The fourth-order valence-corrected chi connectivity index (χ4v) is 5.12. The summed E-state index contributed by atoms with van der Waals surface area (Å²) in [7, 11) is 0. The number of aryl methyl sites for hydroxylation is 1. The molecule has 3 heterocycles. The predicted octanol–water partition coefficient (Wildman–Crippen LogP) is 3.68. The van der Waals surface area contributed by atoms with Crippen molar-refractivity contribution in [3.8, 4) is 0 Å². The lowest BCUT2D eigenvalue weighted by Crippen LogP contribution is -2.41. The number of anilines is 1. The molecule has 1 amide bonds. The van der Waals surface area contributed by atoms with Crippen molar-refractivity contribution in [2.24, 2.45) is 11.8 Å². The van der Waals surface area contributed by atoms with Crippen molar-refractivity contribution in [1.82, 2.24) is 19.7 Å². The molecule has 0 bridgehead atoms. The Hall–Kier alpha value is -2.15. The third-order valence-corrected chi connectivity index (χ3v) is 6.99. The second kappa shape index (κ2) is 9.33. The molecule has 1 saturated carbocycles. The van der Waals surface area contributed by atoms with Crippen LogP contribution in [0.2, 0.25) is 0 Å². The van der Waals surface area contributed by atoms with Gasteiger partial charge in [0.05, 0.1) is 22.8 Å². The van der Waals surface area contributed by atoms with Gasteiger partial charge in [-0.15, -0.1) is 0 Å². The van der Waals surface area contributed by atoms with Crippen LogP contribution in [0.5, 0.6) is 0 Å². The molecule has 2 aromatic rings. The van der Waals surface area contributed by atoms with Gasteiger partial charge < -0.3 is 15.3 Å². The maximum absolute atomic E-state index is 13.5. The number of hydrogen-bond donors (Lipinski definition) is 2. The molecule has 2 fully saturated rings. The quantitative estimate of drug-likeness (QED) is 0.755. The van der Waals surface area contributed by atoms with Gasteiger partial charge in [0, 0.05) is 38.5 Å². The average Bonchev–Trinajstić information content (AvgIpc) is 3.23. The van der Waals surface area contributed by atoms with Crippen molar-refractivity contribution in [1.29, 1.82) is 0 Å². The molecule has 1 unspecified atom stereocenters. The summed E-state index contributed by atoms with van der Waals surface area (Å²) >= 11 is 0. The number of carbonyl (C=O) groups is 1. The van der Waals surface area contributed by atoms with Crippen molar-refractivity contribution in [3.05, 3.63) is 18.0 Å². The topological polar surface area (TPSA) is 83.3 Å². The van der Waals surface area contributed by atoms with Gasteiger partial charge in [-0.1, -0.05) is 19.3 Å². The Kier molecular flexibility index (Phi) is 6.56. The van der Waals surface area contributed by atoms with Crippen molar-refractivity contribution < 1.29 is 9.90 Å². The number of amides is 1. The van der Waals surface area contributed by atoms with Gasteiger partial charge in [0.1, 0.15) is 0 Å². The molecule has 30 heavy (non-hydrogen) atoms. The van der Waals surface area contributed by atoms with Crippen LogP contribution in [-0.2, 0) is 6.54 Å². The molecule has 2 aliphatic rings. The molecule has 4 rings (SSSR count). The smallest absolute Gasteiger partial charge is 0.257 e. The van der Waals surface area contributed by atoms with Crippen molar-refractivity contribution in [2.45, 2.75) is 71.4 Å². The maximum atomic E-state index is 13.5. The van der Waals surface area contributed by atoms with Gasteiger partial charge in [-0.05, 0) is 51.4 Å². The first kappa shape index (κ1) is 21.1. The number of rotatable bonds is 6. The van der Waals surface area contributed by atoms with Gasteiger partial charge in [-0.2, -0.15) is 5.10 Å². The SMILES string of the molecule is CCn1ncc2c(N[C@H](C)C3CCCCC3)c(C(=O)N3CCCC(CO)C3)cnc21. The predicted molar refractivity (Wildman–Crippen MR) is 119 cm³/mol. The van der Waals surface area contributed by atoms with E-state index in [4.69, 9.17) is 0 Å². The third kappa shape index (κ3) is 4.17. The molecule has 7 nitrogen and oxygen atoms in total. The highest BCUT2D eigenvalue weighted by Crippen LogP contribution is 2.33. The zero-order chi connectivity index (χ0) is 21.1. The van der Waals surface area contributed by atoms with E-state index in [1.165, 1.54) is 32.1 Å². The lowest BCUT2D eigenvalue weighted by molar-refractivity contribution is 0.0621. The minimum absolute atomic E-state index is 0.00476. The summed E-state index contributed by atoms with van der Waals surface area (Å²) in [6, 6.07) is 0.291. The van der Waals surface area contributed by atoms with E-state index in [1.807, 2.05) is 22.7 Å². The van der Waals surface area contributed by atoms with E-state index in [0.717, 1.165) is 42.7 Å². The van der Waals surface area contributed by atoms with Crippen LogP contribution in [0.15, 0.2) is 12.4 Å². The van der Waals surface area contributed by atoms with Crippen molar-refractivity contribution in [2.75, 3.05) is 25.0 Å². The van der Waals surface area contributed by atoms with Gasteiger partial charge >= 0.3 is 0 Å². The van der Waals surface area contributed by atoms with Crippen LogP contribution in [0.25, 0.3) is 11.0 Å². The summed E-state index contributed by atoms with van der Waals surface area (Å²) in [6.07, 6.45) is 11.9. The highest BCUT2D eigenvalue weighted by Gasteiger charge is 2.29. The Balaban J connectivity index is 1.67. The normalized spacial score (nSPS) is 21.7. The number of fused-ring (bicyclic) bond motifs is 1. The number of piperidine rings is 1. The molecule has 1 aliphatic heterocycles. The summed E-state index contributed by atoms with van der Waals surface area (Å²) in [5.41, 5.74) is 2.31. The first-order chi connectivity index (χ1) is 14.6. The number of carbonyl (C=O) groups excluding carboxylic acids is 1. The average molecular weight is 414 g/mol. The Morgan fingerprint density at radius 3 is 2.77 bits per heavy atom. The van der Waals surface area contributed by atoms with Crippen LogP contribution in [0.1, 0.15) is 69.2 Å². The molecule has 164 valence electrons. The van der Waals surface area contributed by atoms with Crippen LogP contribution in [-0.4, -0.2) is 56.4 Å². The number of aliphatic hydroxyl groups is 1. The van der Waals surface area contributed by atoms with Crippen LogP contribution in [0.4, 0.5) is 5.69 Å². The Labute approximate surface area is 178 Å². The zero-order valence-electron chi connectivity index (χ0n) is 18.3. The fraction of sp³-hybridized carbons (Fsp3) is 0.696. The molecule has 1 aliphatic carbocycles. The number of pyridine rings is 1. The molecule has 0 radical (unpaired) electrons. The van der Waals surface area contributed by atoms with Crippen LogP contribution >= 0.6 is 0 Å². The molecular formula is C23H35N5O2. The van der Waals surface area contributed by atoms with E-state index in [9.17, 15) is 9.90 Å². The Morgan fingerprint density at radius 2 is 2.03 bits per heavy atom. The lowest BCUT2D eigenvalue weighted by atomic mass is 9.84. The van der Waals surface area contributed by atoms with Crippen LogP contribution in [0, 0.1) is 11.8 Å². The van der Waals surface area contributed by atoms with Gasteiger partial charge in [-0.25, -0.2) is 9.67 Å². The number of nitrogens with zero attached hydrogens (tertiary/aromatic N) is 4. The molecule has 1 saturated heterocycles. The van der Waals surface area contributed by atoms with Gasteiger partial charge in [0.25, 0.3) is 5.91 Å². The van der Waals surface area contributed by atoms with Crippen LogP contribution in [0.3, 0.4) is 0 Å². The molecule has 0 aromatic carbocycles. The molecule has 7 heteroatoms. The maximum Gasteiger partial charge on any atom is 0.257 e. The van der Waals surface area contributed by atoms with E-state index < -0.39 is 0 Å². The van der Waals surface area contributed by atoms with E-state index in [1.54, 1.807) is 6.20 Å². The summed E-state index contributed by atoms with van der Waals surface area (Å²) in [5, 5.41) is 18.7. The Morgan fingerprint density at radius 1 is 1.23 bits per heavy atom.